The Hall–Kier alpha value is -3.49. The van der Waals surface area contributed by atoms with Crippen LogP contribution in [0.4, 0.5) is 16.0 Å². The van der Waals surface area contributed by atoms with Crippen LogP contribution in [0.15, 0.2) is 59.4 Å². The number of fused-ring (bicyclic) bond motifs is 1. The Bertz CT molecular complexity index is 1290. The van der Waals surface area contributed by atoms with Crippen molar-refractivity contribution in [3.8, 4) is 11.3 Å². The maximum Gasteiger partial charge on any atom is 0.285 e. The largest absolute Gasteiger partial charge is 0.412 e. The third-order valence-corrected chi connectivity index (χ3v) is 4.77. The number of pyridine rings is 1. The van der Waals surface area contributed by atoms with Crippen molar-refractivity contribution in [3.05, 3.63) is 81.4 Å². The number of benzene rings is 2. The lowest BCUT2D eigenvalue weighted by Crippen LogP contribution is -2.25. The second-order valence-corrected chi connectivity index (χ2v) is 6.77. The molecule has 7 nitrogen and oxygen atoms in total. The first-order valence-electron chi connectivity index (χ1n) is 8.91. The number of hydrogen-bond acceptors (Lipinski definition) is 6. The van der Waals surface area contributed by atoms with Gasteiger partial charge < -0.3 is 15.3 Å². The first kappa shape index (κ1) is 19.8. The minimum atomic E-state index is -0.564. The summed E-state index contributed by atoms with van der Waals surface area (Å²) in [5, 5.41) is 12.9. The molecule has 0 atom stereocenters. The minimum Gasteiger partial charge on any atom is -0.412 e. The summed E-state index contributed by atoms with van der Waals surface area (Å²) in [6, 6.07) is 14.1. The van der Waals surface area contributed by atoms with Crippen molar-refractivity contribution in [1.82, 2.24) is 14.7 Å². The quantitative estimate of drug-likeness (QED) is 0.507. The second kappa shape index (κ2) is 8.10. The highest BCUT2D eigenvalue weighted by molar-refractivity contribution is 6.33. The molecule has 0 aliphatic rings. The van der Waals surface area contributed by atoms with Crippen LogP contribution in [0.2, 0.25) is 5.02 Å². The van der Waals surface area contributed by atoms with Gasteiger partial charge in [-0.1, -0.05) is 29.8 Å². The molecule has 0 unspecified atom stereocenters. The number of halogens is 2. The van der Waals surface area contributed by atoms with Crippen LogP contribution in [-0.4, -0.2) is 26.9 Å². The predicted octanol–water partition coefficient (Wildman–Crippen LogP) is 3.55. The zero-order valence-electron chi connectivity index (χ0n) is 15.8. The van der Waals surface area contributed by atoms with Crippen molar-refractivity contribution in [2.75, 3.05) is 12.4 Å². The lowest BCUT2D eigenvalue weighted by Gasteiger charge is -2.14. The topological polar surface area (TPSA) is 89.3 Å². The van der Waals surface area contributed by atoms with Crippen LogP contribution in [0, 0.1) is 5.82 Å². The fourth-order valence-electron chi connectivity index (χ4n) is 3.12. The molecule has 30 heavy (non-hydrogen) atoms. The molecule has 0 radical (unpaired) electrons. The van der Waals surface area contributed by atoms with Crippen LogP contribution in [0.25, 0.3) is 22.3 Å². The van der Waals surface area contributed by atoms with Crippen LogP contribution in [0.5, 0.6) is 0 Å². The molecule has 0 bridgehead atoms. The van der Waals surface area contributed by atoms with Gasteiger partial charge in [-0.3, -0.25) is 4.79 Å². The smallest absolute Gasteiger partial charge is 0.285 e. The van der Waals surface area contributed by atoms with Gasteiger partial charge in [0.1, 0.15) is 12.9 Å². The van der Waals surface area contributed by atoms with E-state index >= 15 is 0 Å². The number of aromatic nitrogens is 3. The van der Waals surface area contributed by atoms with E-state index < -0.39 is 11.4 Å². The van der Waals surface area contributed by atoms with Crippen LogP contribution >= 0.6 is 11.6 Å². The zero-order valence-corrected chi connectivity index (χ0v) is 16.5. The molecular weight excluding hydrogens is 411 g/mol. The van der Waals surface area contributed by atoms with Crippen molar-refractivity contribution < 1.29 is 14.3 Å². The first-order valence-corrected chi connectivity index (χ1v) is 9.29. The van der Waals surface area contributed by atoms with E-state index in [1.165, 1.54) is 31.4 Å². The highest BCUT2D eigenvalue weighted by Gasteiger charge is 2.19. The van der Waals surface area contributed by atoms with Crippen molar-refractivity contribution in [3.63, 3.8) is 0 Å². The summed E-state index contributed by atoms with van der Waals surface area (Å²) >= 11 is 6.27. The highest BCUT2D eigenvalue weighted by atomic mass is 35.5. The number of hydrogen-bond donors (Lipinski definition) is 2. The van der Waals surface area contributed by atoms with Gasteiger partial charge in [-0.15, -0.1) is 4.73 Å². The molecular formula is C21H16ClFN4O3. The van der Waals surface area contributed by atoms with E-state index in [2.05, 4.69) is 15.3 Å². The van der Waals surface area contributed by atoms with Gasteiger partial charge in [0.2, 0.25) is 5.95 Å². The summed E-state index contributed by atoms with van der Waals surface area (Å²) in [7, 11) is 1.33. The van der Waals surface area contributed by atoms with Gasteiger partial charge in [0.25, 0.3) is 5.56 Å². The Morgan fingerprint density at radius 3 is 2.70 bits per heavy atom. The number of rotatable bonds is 5. The summed E-state index contributed by atoms with van der Waals surface area (Å²) < 4.78 is 15.7. The van der Waals surface area contributed by atoms with Crippen LogP contribution in [0.1, 0.15) is 5.56 Å². The molecule has 0 aliphatic carbocycles. The molecule has 152 valence electrons. The van der Waals surface area contributed by atoms with E-state index in [1.54, 1.807) is 30.3 Å². The third-order valence-electron chi connectivity index (χ3n) is 4.46. The maximum absolute atomic E-state index is 14.7. The van der Waals surface area contributed by atoms with E-state index in [0.717, 1.165) is 4.73 Å². The van der Waals surface area contributed by atoms with Crippen molar-refractivity contribution >= 4 is 34.3 Å². The fourth-order valence-corrected chi connectivity index (χ4v) is 3.37. The monoisotopic (exact) mass is 426 g/mol. The molecule has 0 aliphatic heterocycles. The predicted molar refractivity (Wildman–Crippen MR) is 112 cm³/mol. The average molecular weight is 427 g/mol. The molecule has 4 rings (SSSR count). The molecule has 0 saturated carbocycles. The minimum absolute atomic E-state index is 0.0834. The van der Waals surface area contributed by atoms with Crippen molar-refractivity contribution in [2.24, 2.45) is 0 Å². The molecule has 0 amide bonds. The Morgan fingerprint density at radius 1 is 1.17 bits per heavy atom. The number of aliphatic hydroxyl groups is 1. The van der Waals surface area contributed by atoms with Crippen LogP contribution in [0.3, 0.4) is 0 Å². The molecule has 0 fully saturated rings. The van der Waals surface area contributed by atoms with Crippen molar-refractivity contribution in [2.45, 2.75) is 6.61 Å². The third kappa shape index (κ3) is 3.58. The SMILES string of the molecule is COn1c(=O)ccc2c(-c3c(F)cccc3Cl)nc(Nc3cccc(CO)c3)nc21. The molecule has 0 spiro atoms. The average Bonchev–Trinajstić information content (AvgIpc) is 2.73. The van der Waals surface area contributed by atoms with Gasteiger partial charge in [-0.2, -0.15) is 4.98 Å². The summed E-state index contributed by atoms with van der Waals surface area (Å²) in [6.07, 6.45) is 0. The Balaban J connectivity index is 1.99. The highest BCUT2D eigenvalue weighted by Crippen LogP contribution is 2.34. The Morgan fingerprint density at radius 2 is 1.97 bits per heavy atom. The van der Waals surface area contributed by atoms with E-state index in [4.69, 9.17) is 16.4 Å². The van der Waals surface area contributed by atoms with E-state index in [0.29, 0.717) is 16.6 Å². The number of aliphatic hydroxyl groups excluding tert-OH is 1. The van der Waals surface area contributed by atoms with Gasteiger partial charge in [0.05, 0.1) is 22.9 Å². The number of nitrogens with zero attached hydrogens (tertiary/aromatic N) is 3. The Kier molecular flexibility index (Phi) is 5.35. The number of anilines is 2. The molecule has 9 heteroatoms. The van der Waals surface area contributed by atoms with E-state index in [-0.39, 0.29) is 34.5 Å². The standard InChI is InChI=1S/C21H16ClFN4O3/c1-30-27-17(29)9-8-14-19(18-15(22)6-3-7-16(18)23)25-21(26-20(14)27)24-13-5-2-4-12(10-13)11-28/h2-10,28H,11H2,1H3,(H,24,25,26). The summed E-state index contributed by atoms with van der Waals surface area (Å²) in [4.78, 5) is 26.3. The summed E-state index contributed by atoms with van der Waals surface area (Å²) in [5.41, 5.74) is 1.29. The molecule has 4 aromatic rings. The van der Waals surface area contributed by atoms with Gasteiger partial charge in [0, 0.05) is 17.1 Å². The summed E-state index contributed by atoms with van der Waals surface area (Å²) in [5.74, 6) is -0.464. The van der Waals surface area contributed by atoms with Gasteiger partial charge in [-0.25, -0.2) is 9.37 Å². The molecule has 0 saturated heterocycles. The lowest BCUT2D eigenvalue weighted by atomic mass is 10.1. The van der Waals surface area contributed by atoms with Gasteiger partial charge in [0.15, 0.2) is 5.65 Å². The maximum atomic E-state index is 14.7. The van der Waals surface area contributed by atoms with Gasteiger partial charge in [-0.05, 0) is 35.9 Å². The Labute approximate surface area is 175 Å². The number of nitrogens with one attached hydrogen (secondary N) is 1. The van der Waals surface area contributed by atoms with Crippen LogP contribution < -0.4 is 15.7 Å². The lowest BCUT2D eigenvalue weighted by molar-refractivity contribution is 0.167. The second-order valence-electron chi connectivity index (χ2n) is 6.36. The molecule has 2 aromatic carbocycles. The van der Waals surface area contributed by atoms with E-state index in [1.807, 2.05) is 0 Å². The normalized spacial score (nSPS) is 10.9. The van der Waals surface area contributed by atoms with Crippen LogP contribution in [-0.2, 0) is 6.61 Å². The molecule has 2 aromatic heterocycles. The van der Waals surface area contributed by atoms with Crippen molar-refractivity contribution in [1.29, 1.82) is 0 Å². The molecule has 2 heterocycles. The summed E-state index contributed by atoms with van der Waals surface area (Å²) in [6.45, 7) is -0.132. The first-order chi connectivity index (χ1) is 14.5. The van der Waals surface area contributed by atoms with E-state index in [9.17, 15) is 14.3 Å². The molecule has 2 N–H and O–H groups in total. The zero-order chi connectivity index (χ0) is 21.3. The van der Waals surface area contributed by atoms with Gasteiger partial charge >= 0.3 is 0 Å². The fraction of sp³-hybridized carbons (Fsp3) is 0.0952.